The number of nitrogens with one attached hydrogen (secondary N) is 1. The second-order valence-corrected chi connectivity index (χ2v) is 4.67. The van der Waals surface area contributed by atoms with Crippen LogP contribution in [0.4, 0.5) is 5.69 Å². The first-order chi connectivity index (χ1) is 8.61. The molecule has 96 valence electrons. The molecule has 0 aromatic heterocycles. The number of aryl methyl sites for hydroxylation is 1. The van der Waals surface area contributed by atoms with Crippen molar-refractivity contribution in [2.75, 3.05) is 11.4 Å². The van der Waals surface area contributed by atoms with Crippen LogP contribution in [0.15, 0.2) is 24.3 Å². The quantitative estimate of drug-likeness (QED) is 0.881. The summed E-state index contributed by atoms with van der Waals surface area (Å²) in [6.07, 6.45) is 1.56. The van der Waals surface area contributed by atoms with Crippen LogP contribution in [0.1, 0.15) is 25.3 Å². The summed E-state index contributed by atoms with van der Waals surface area (Å²) >= 11 is 0. The van der Waals surface area contributed by atoms with Crippen molar-refractivity contribution in [3.05, 3.63) is 29.8 Å². The Labute approximate surface area is 107 Å². The number of hydrogen-bond acceptors (Lipinski definition) is 2. The third kappa shape index (κ3) is 2.53. The molecule has 2 amide bonds. The van der Waals surface area contributed by atoms with Crippen LogP contribution >= 0.6 is 0 Å². The Hall–Kier alpha value is -1.84. The second-order valence-electron chi connectivity index (χ2n) is 4.67. The van der Waals surface area contributed by atoms with E-state index in [1.165, 1.54) is 0 Å². The van der Waals surface area contributed by atoms with Gasteiger partial charge in [0.1, 0.15) is 12.6 Å². The van der Waals surface area contributed by atoms with Gasteiger partial charge < -0.3 is 10.2 Å². The zero-order valence-electron chi connectivity index (χ0n) is 10.8. The minimum atomic E-state index is -0.377. The molecular weight excluding hydrogens is 228 g/mol. The van der Waals surface area contributed by atoms with Crippen LogP contribution in [-0.2, 0) is 9.59 Å². The fourth-order valence-corrected chi connectivity index (χ4v) is 2.14. The molecule has 1 aromatic carbocycles. The van der Waals surface area contributed by atoms with E-state index in [4.69, 9.17) is 0 Å². The van der Waals surface area contributed by atoms with Crippen molar-refractivity contribution in [1.82, 2.24) is 5.32 Å². The summed E-state index contributed by atoms with van der Waals surface area (Å²) in [5.41, 5.74) is 1.93. The van der Waals surface area contributed by atoms with Crippen LogP contribution in [0.3, 0.4) is 0 Å². The molecule has 1 N–H and O–H groups in total. The molecule has 18 heavy (non-hydrogen) atoms. The molecule has 0 aliphatic carbocycles. The minimum absolute atomic E-state index is 0.0136. The van der Waals surface area contributed by atoms with Gasteiger partial charge in [0, 0.05) is 5.69 Å². The lowest BCUT2D eigenvalue weighted by molar-refractivity contribution is -0.131. The lowest BCUT2D eigenvalue weighted by Crippen LogP contribution is -2.58. The summed E-state index contributed by atoms with van der Waals surface area (Å²) in [6.45, 7) is 4.11. The second kappa shape index (κ2) is 5.21. The number of benzene rings is 1. The van der Waals surface area contributed by atoms with E-state index in [0.717, 1.165) is 17.7 Å². The smallest absolute Gasteiger partial charge is 0.250 e. The van der Waals surface area contributed by atoms with Crippen molar-refractivity contribution < 1.29 is 9.59 Å². The third-order valence-electron chi connectivity index (χ3n) is 3.12. The van der Waals surface area contributed by atoms with Gasteiger partial charge in [-0.15, -0.1) is 0 Å². The number of carbonyl (C=O) groups is 2. The zero-order valence-corrected chi connectivity index (χ0v) is 10.8. The molecule has 0 radical (unpaired) electrons. The van der Waals surface area contributed by atoms with Gasteiger partial charge in [0.2, 0.25) is 11.8 Å². The monoisotopic (exact) mass is 246 g/mol. The summed E-state index contributed by atoms with van der Waals surface area (Å²) in [5.74, 6) is -0.103. The van der Waals surface area contributed by atoms with E-state index in [1.54, 1.807) is 4.90 Å². The SMILES string of the molecule is CCCC1NC(=O)CN(c2ccc(C)cc2)C1=O. The molecule has 1 fully saturated rings. The van der Waals surface area contributed by atoms with Gasteiger partial charge in [-0.1, -0.05) is 31.0 Å². The molecule has 1 saturated heterocycles. The Morgan fingerprint density at radius 3 is 2.56 bits per heavy atom. The highest BCUT2D eigenvalue weighted by Gasteiger charge is 2.32. The van der Waals surface area contributed by atoms with Crippen molar-refractivity contribution in [1.29, 1.82) is 0 Å². The number of anilines is 1. The maximum atomic E-state index is 12.3. The van der Waals surface area contributed by atoms with Crippen LogP contribution in [0.2, 0.25) is 0 Å². The summed E-state index contributed by atoms with van der Waals surface area (Å²) in [6, 6.07) is 7.29. The van der Waals surface area contributed by atoms with E-state index in [9.17, 15) is 9.59 Å². The molecule has 1 heterocycles. The number of rotatable bonds is 3. The highest BCUT2D eigenvalue weighted by molar-refractivity contribution is 6.06. The number of piperazine rings is 1. The normalized spacial score (nSPS) is 19.9. The summed E-state index contributed by atoms with van der Waals surface area (Å²) in [7, 11) is 0. The van der Waals surface area contributed by atoms with Gasteiger partial charge in [-0.3, -0.25) is 9.59 Å². The van der Waals surface area contributed by atoms with Gasteiger partial charge in [-0.25, -0.2) is 0 Å². The van der Waals surface area contributed by atoms with Crippen molar-refractivity contribution in [2.24, 2.45) is 0 Å². The van der Waals surface area contributed by atoms with E-state index in [1.807, 2.05) is 38.1 Å². The first-order valence-electron chi connectivity index (χ1n) is 6.29. The predicted molar refractivity (Wildman–Crippen MR) is 70.4 cm³/mol. The van der Waals surface area contributed by atoms with Gasteiger partial charge in [0.25, 0.3) is 0 Å². The van der Waals surface area contributed by atoms with Crippen LogP contribution in [0, 0.1) is 6.92 Å². The molecule has 4 nitrogen and oxygen atoms in total. The van der Waals surface area contributed by atoms with Crippen LogP contribution in [0.25, 0.3) is 0 Å². The summed E-state index contributed by atoms with van der Waals surface area (Å²) < 4.78 is 0. The number of amides is 2. The predicted octanol–water partition coefficient (Wildman–Crippen LogP) is 1.63. The standard InChI is InChI=1S/C14H18N2O2/c1-3-4-12-14(18)16(9-13(17)15-12)11-7-5-10(2)6-8-11/h5-8,12H,3-4,9H2,1-2H3,(H,15,17). The molecule has 0 spiro atoms. The highest BCUT2D eigenvalue weighted by atomic mass is 16.2. The van der Waals surface area contributed by atoms with Gasteiger partial charge in [-0.2, -0.15) is 0 Å². The molecule has 4 heteroatoms. The summed E-state index contributed by atoms with van der Waals surface area (Å²) in [5, 5.41) is 2.75. The van der Waals surface area contributed by atoms with Gasteiger partial charge in [0.15, 0.2) is 0 Å². The molecule has 0 saturated carbocycles. The third-order valence-corrected chi connectivity index (χ3v) is 3.12. The van der Waals surface area contributed by atoms with Gasteiger partial charge in [-0.05, 0) is 25.5 Å². The van der Waals surface area contributed by atoms with Crippen molar-refractivity contribution in [3.8, 4) is 0 Å². The molecule has 1 atom stereocenters. The van der Waals surface area contributed by atoms with Crippen molar-refractivity contribution >= 4 is 17.5 Å². The number of nitrogens with zero attached hydrogens (tertiary/aromatic N) is 1. The van der Waals surface area contributed by atoms with E-state index < -0.39 is 0 Å². The largest absolute Gasteiger partial charge is 0.343 e. The van der Waals surface area contributed by atoms with Crippen LogP contribution in [0.5, 0.6) is 0 Å². The zero-order chi connectivity index (χ0) is 13.1. The highest BCUT2D eigenvalue weighted by Crippen LogP contribution is 2.19. The van der Waals surface area contributed by atoms with Crippen LogP contribution in [-0.4, -0.2) is 24.4 Å². The van der Waals surface area contributed by atoms with Crippen molar-refractivity contribution in [2.45, 2.75) is 32.7 Å². The molecule has 2 rings (SSSR count). The lowest BCUT2D eigenvalue weighted by atomic mass is 10.1. The molecular formula is C14H18N2O2. The van der Waals surface area contributed by atoms with Crippen molar-refractivity contribution in [3.63, 3.8) is 0 Å². The lowest BCUT2D eigenvalue weighted by Gasteiger charge is -2.32. The fraction of sp³-hybridized carbons (Fsp3) is 0.429. The molecule has 1 aliphatic heterocycles. The minimum Gasteiger partial charge on any atom is -0.343 e. The Kier molecular flexibility index (Phi) is 3.65. The topological polar surface area (TPSA) is 49.4 Å². The summed E-state index contributed by atoms with van der Waals surface area (Å²) in [4.78, 5) is 25.5. The molecule has 1 aromatic rings. The van der Waals surface area contributed by atoms with E-state index >= 15 is 0 Å². The maximum Gasteiger partial charge on any atom is 0.250 e. The molecule has 0 bridgehead atoms. The van der Waals surface area contributed by atoms with E-state index in [-0.39, 0.29) is 24.4 Å². The Balaban J connectivity index is 2.23. The van der Waals surface area contributed by atoms with E-state index in [0.29, 0.717) is 6.42 Å². The Morgan fingerprint density at radius 2 is 1.94 bits per heavy atom. The molecule has 1 aliphatic rings. The Morgan fingerprint density at radius 1 is 1.28 bits per heavy atom. The first-order valence-corrected chi connectivity index (χ1v) is 6.29. The average molecular weight is 246 g/mol. The average Bonchev–Trinajstić information content (AvgIpc) is 2.35. The fourth-order valence-electron chi connectivity index (χ4n) is 2.14. The number of carbonyl (C=O) groups excluding carboxylic acids is 2. The molecule has 1 unspecified atom stereocenters. The van der Waals surface area contributed by atoms with E-state index in [2.05, 4.69) is 5.32 Å². The first kappa shape index (κ1) is 12.6. The maximum absolute atomic E-state index is 12.3. The van der Waals surface area contributed by atoms with Gasteiger partial charge in [0.05, 0.1) is 0 Å². The van der Waals surface area contributed by atoms with Crippen LogP contribution < -0.4 is 10.2 Å². The Bertz CT molecular complexity index is 453. The van der Waals surface area contributed by atoms with Gasteiger partial charge >= 0.3 is 0 Å². The number of hydrogen-bond donors (Lipinski definition) is 1.